The number of piperidine rings is 1. The molecule has 1 saturated heterocycles. The van der Waals surface area contributed by atoms with Gasteiger partial charge in [0.1, 0.15) is 11.4 Å². The van der Waals surface area contributed by atoms with Gasteiger partial charge in [-0.3, -0.25) is 9.78 Å². The minimum atomic E-state index is -1.00. The number of nitrogen functional groups attached to an aromatic ring is 1. The number of rotatable bonds is 6. The number of pyridine rings is 1. The van der Waals surface area contributed by atoms with E-state index in [-0.39, 0.29) is 30.3 Å². The summed E-state index contributed by atoms with van der Waals surface area (Å²) in [6.45, 7) is 0.170. The van der Waals surface area contributed by atoms with Gasteiger partial charge in [-0.05, 0) is 49.6 Å². The summed E-state index contributed by atoms with van der Waals surface area (Å²) in [5, 5.41) is 12.7. The fourth-order valence-corrected chi connectivity index (χ4v) is 4.07. The molecule has 4 heterocycles. The van der Waals surface area contributed by atoms with E-state index in [1.807, 2.05) is 18.2 Å². The van der Waals surface area contributed by atoms with E-state index in [1.165, 1.54) is 17.2 Å². The normalized spacial score (nSPS) is 18.3. The molecule has 4 N–H and O–H groups in total. The first-order chi connectivity index (χ1) is 15.5. The number of aromatic nitrogens is 3. The molecule has 0 aliphatic carbocycles. The van der Waals surface area contributed by atoms with E-state index in [0.717, 1.165) is 18.5 Å². The van der Waals surface area contributed by atoms with Gasteiger partial charge in [-0.2, -0.15) is 0 Å². The molecule has 3 aromatic rings. The smallest absolute Gasteiger partial charge is 0.407 e. The average Bonchev–Trinajstić information content (AvgIpc) is 3.33. The molecule has 2 amide bonds. The summed E-state index contributed by atoms with van der Waals surface area (Å²) in [5.41, 5.74) is 7.09. The molecule has 4 rings (SSSR count). The summed E-state index contributed by atoms with van der Waals surface area (Å²) >= 11 is 0. The SMILES string of the molecule is Nc1nc(C(=O)NCC2CCCC(Cc3ccccn3)N2C(=O)O)cc(-c2ccco2)n1. The van der Waals surface area contributed by atoms with Gasteiger partial charge in [0.15, 0.2) is 5.76 Å². The van der Waals surface area contributed by atoms with Crippen molar-refractivity contribution < 1.29 is 19.1 Å². The molecule has 2 atom stereocenters. The van der Waals surface area contributed by atoms with E-state index in [9.17, 15) is 14.7 Å². The summed E-state index contributed by atoms with van der Waals surface area (Å²) in [5.74, 6) is -0.0387. The van der Waals surface area contributed by atoms with Crippen LogP contribution in [0.2, 0.25) is 0 Å². The van der Waals surface area contributed by atoms with Gasteiger partial charge in [0, 0.05) is 30.9 Å². The monoisotopic (exact) mass is 436 g/mol. The second-order valence-corrected chi connectivity index (χ2v) is 7.64. The Kier molecular flexibility index (Phi) is 6.29. The van der Waals surface area contributed by atoms with E-state index >= 15 is 0 Å². The molecular weight excluding hydrogens is 412 g/mol. The molecule has 0 radical (unpaired) electrons. The number of anilines is 1. The van der Waals surface area contributed by atoms with Gasteiger partial charge in [-0.15, -0.1) is 0 Å². The highest BCUT2D eigenvalue weighted by molar-refractivity contribution is 5.93. The Bertz CT molecular complexity index is 1070. The number of nitrogens with one attached hydrogen (secondary N) is 1. The van der Waals surface area contributed by atoms with Gasteiger partial charge in [0.05, 0.1) is 12.3 Å². The molecule has 0 spiro atoms. The summed E-state index contributed by atoms with van der Waals surface area (Å²) in [6, 6.07) is 9.97. The predicted molar refractivity (Wildman–Crippen MR) is 116 cm³/mol. The van der Waals surface area contributed by atoms with Crippen LogP contribution in [0.1, 0.15) is 35.4 Å². The zero-order valence-corrected chi connectivity index (χ0v) is 17.3. The number of likely N-dealkylation sites (tertiary alicyclic amines) is 1. The lowest BCUT2D eigenvalue weighted by Crippen LogP contribution is -2.54. The van der Waals surface area contributed by atoms with Crippen LogP contribution >= 0.6 is 0 Å². The molecule has 1 aliphatic heterocycles. The van der Waals surface area contributed by atoms with Crippen LogP contribution in [0.3, 0.4) is 0 Å². The molecule has 2 unspecified atom stereocenters. The standard InChI is InChI=1S/C22H24N6O4/c23-21-26-17(19-8-4-10-32-19)12-18(27-21)20(29)25-13-16-7-3-6-15(28(16)22(30)31)11-14-5-1-2-9-24-14/h1-2,4-5,8-10,12,15-16H,3,6-7,11,13H2,(H,25,29)(H,30,31)(H2,23,26,27). The summed E-state index contributed by atoms with van der Waals surface area (Å²) in [7, 11) is 0. The quantitative estimate of drug-likeness (QED) is 0.534. The maximum Gasteiger partial charge on any atom is 0.407 e. The molecule has 1 fully saturated rings. The van der Waals surface area contributed by atoms with Crippen molar-refractivity contribution in [3.05, 3.63) is 60.2 Å². The van der Waals surface area contributed by atoms with Crippen LogP contribution in [0.25, 0.3) is 11.5 Å². The Morgan fingerprint density at radius 2 is 2.03 bits per heavy atom. The number of nitrogens with two attached hydrogens (primary N) is 1. The van der Waals surface area contributed by atoms with E-state index in [4.69, 9.17) is 10.2 Å². The Hall–Kier alpha value is -3.95. The lowest BCUT2D eigenvalue weighted by Gasteiger charge is -2.40. The van der Waals surface area contributed by atoms with Crippen LogP contribution in [0, 0.1) is 0 Å². The first-order valence-corrected chi connectivity index (χ1v) is 10.4. The molecule has 0 saturated carbocycles. The Morgan fingerprint density at radius 1 is 1.19 bits per heavy atom. The van der Waals surface area contributed by atoms with Crippen molar-refractivity contribution in [1.82, 2.24) is 25.2 Å². The number of carbonyl (C=O) groups excluding carboxylic acids is 1. The molecule has 10 heteroatoms. The van der Waals surface area contributed by atoms with Gasteiger partial charge >= 0.3 is 6.09 Å². The van der Waals surface area contributed by atoms with Gasteiger partial charge < -0.3 is 25.5 Å². The molecule has 0 aromatic carbocycles. The summed E-state index contributed by atoms with van der Waals surface area (Å²) in [4.78, 5) is 38.7. The number of hydrogen-bond acceptors (Lipinski definition) is 7. The highest BCUT2D eigenvalue weighted by Gasteiger charge is 2.34. The van der Waals surface area contributed by atoms with Gasteiger partial charge in [0.25, 0.3) is 5.91 Å². The second-order valence-electron chi connectivity index (χ2n) is 7.64. The molecular formula is C22H24N6O4. The molecule has 3 aromatic heterocycles. The maximum absolute atomic E-state index is 12.7. The first-order valence-electron chi connectivity index (χ1n) is 10.4. The van der Waals surface area contributed by atoms with E-state index < -0.39 is 12.0 Å². The lowest BCUT2D eigenvalue weighted by molar-refractivity contribution is 0.0670. The lowest BCUT2D eigenvalue weighted by atomic mass is 9.92. The van der Waals surface area contributed by atoms with Gasteiger partial charge in [-0.1, -0.05) is 6.07 Å². The van der Waals surface area contributed by atoms with E-state index in [2.05, 4.69) is 20.3 Å². The highest BCUT2D eigenvalue weighted by Crippen LogP contribution is 2.25. The van der Waals surface area contributed by atoms with Crippen molar-refractivity contribution in [2.45, 2.75) is 37.8 Å². The number of amides is 2. The van der Waals surface area contributed by atoms with Crippen LogP contribution in [-0.2, 0) is 6.42 Å². The third kappa shape index (κ3) is 4.85. The van der Waals surface area contributed by atoms with Crippen molar-refractivity contribution in [2.75, 3.05) is 12.3 Å². The third-order valence-electron chi connectivity index (χ3n) is 5.50. The third-order valence-corrected chi connectivity index (χ3v) is 5.50. The molecule has 32 heavy (non-hydrogen) atoms. The van der Waals surface area contributed by atoms with Crippen molar-refractivity contribution in [1.29, 1.82) is 0 Å². The van der Waals surface area contributed by atoms with Crippen LogP contribution < -0.4 is 11.1 Å². The van der Waals surface area contributed by atoms with Crippen molar-refractivity contribution >= 4 is 17.9 Å². The first kappa shape index (κ1) is 21.3. The molecule has 1 aliphatic rings. The Balaban J connectivity index is 1.45. The van der Waals surface area contributed by atoms with E-state index in [0.29, 0.717) is 24.3 Å². The predicted octanol–water partition coefficient (Wildman–Crippen LogP) is 2.59. The second kappa shape index (κ2) is 9.46. The molecule has 10 nitrogen and oxygen atoms in total. The number of carbonyl (C=O) groups is 2. The fourth-order valence-electron chi connectivity index (χ4n) is 4.07. The van der Waals surface area contributed by atoms with Gasteiger partial charge in [0.2, 0.25) is 5.95 Å². The van der Waals surface area contributed by atoms with E-state index in [1.54, 1.807) is 18.3 Å². The topological polar surface area (TPSA) is 147 Å². The number of hydrogen-bond donors (Lipinski definition) is 3. The molecule has 0 bridgehead atoms. The molecule has 166 valence electrons. The average molecular weight is 436 g/mol. The highest BCUT2D eigenvalue weighted by atomic mass is 16.4. The van der Waals surface area contributed by atoms with Crippen LogP contribution in [-0.4, -0.2) is 55.6 Å². The van der Waals surface area contributed by atoms with Crippen molar-refractivity contribution in [3.63, 3.8) is 0 Å². The fraction of sp³-hybridized carbons (Fsp3) is 0.318. The minimum absolute atomic E-state index is 0.0516. The zero-order valence-electron chi connectivity index (χ0n) is 17.3. The largest absolute Gasteiger partial charge is 0.465 e. The summed E-state index contributed by atoms with van der Waals surface area (Å²) in [6.07, 6.45) is 5.01. The van der Waals surface area contributed by atoms with Crippen molar-refractivity contribution in [2.24, 2.45) is 0 Å². The minimum Gasteiger partial charge on any atom is -0.465 e. The Morgan fingerprint density at radius 3 is 2.75 bits per heavy atom. The zero-order chi connectivity index (χ0) is 22.5. The number of carboxylic acid groups (broad SMARTS) is 1. The number of nitrogens with zero attached hydrogens (tertiary/aromatic N) is 4. The van der Waals surface area contributed by atoms with Crippen LogP contribution in [0.4, 0.5) is 10.7 Å². The maximum atomic E-state index is 12.7. The Labute approximate surface area is 184 Å². The summed E-state index contributed by atoms with van der Waals surface area (Å²) < 4.78 is 5.31. The van der Waals surface area contributed by atoms with Crippen molar-refractivity contribution in [3.8, 4) is 11.5 Å². The number of furan rings is 1. The van der Waals surface area contributed by atoms with Gasteiger partial charge in [-0.25, -0.2) is 14.8 Å². The van der Waals surface area contributed by atoms with Crippen LogP contribution in [0.5, 0.6) is 0 Å². The van der Waals surface area contributed by atoms with Crippen LogP contribution in [0.15, 0.2) is 53.3 Å².